The van der Waals surface area contributed by atoms with Crippen LogP contribution in [0.15, 0.2) is 48.5 Å². The Morgan fingerprint density at radius 1 is 1.16 bits per heavy atom. The molecule has 0 aliphatic heterocycles. The highest BCUT2D eigenvalue weighted by atomic mass is 16.5. The van der Waals surface area contributed by atoms with Crippen LogP contribution in [-0.4, -0.2) is 9.55 Å². The van der Waals surface area contributed by atoms with E-state index >= 15 is 0 Å². The number of ether oxygens (including phenoxy) is 1. The van der Waals surface area contributed by atoms with Gasteiger partial charge in [-0.25, -0.2) is 0 Å². The van der Waals surface area contributed by atoms with Crippen molar-refractivity contribution < 1.29 is 4.74 Å². The van der Waals surface area contributed by atoms with Gasteiger partial charge in [-0.3, -0.25) is 4.57 Å². The molecule has 1 heterocycles. The van der Waals surface area contributed by atoms with Gasteiger partial charge in [0, 0.05) is 13.6 Å². The third-order valence-electron chi connectivity index (χ3n) is 3.09. The summed E-state index contributed by atoms with van der Waals surface area (Å²) < 4.78 is 7.77. The number of benzene rings is 2. The fourth-order valence-electron chi connectivity index (χ4n) is 2.06. The summed E-state index contributed by atoms with van der Waals surface area (Å²) in [6.07, 6.45) is 0. The van der Waals surface area contributed by atoms with Crippen molar-refractivity contribution >= 4 is 11.0 Å². The summed E-state index contributed by atoms with van der Waals surface area (Å²) in [5.41, 5.74) is 8.64. The third kappa shape index (κ3) is 2.18. The van der Waals surface area contributed by atoms with Crippen LogP contribution in [0, 0.1) is 0 Å². The highest BCUT2D eigenvalue weighted by Gasteiger charge is 2.09. The van der Waals surface area contributed by atoms with Crippen molar-refractivity contribution in [3.63, 3.8) is 0 Å². The Morgan fingerprint density at radius 3 is 2.79 bits per heavy atom. The lowest BCUT2D eigenvalue weighted by atomic mass is 10.2. The number of aromatic nitrogens is 2. The van der Waals surface area contributed by atoms with E-state index in [1.807, 2.05) is 60.1 Å². The predicted octanol–water partition coefficient (Wildman–Crippen LogP) is 2.82. The summed E-state index contributed by atoms with van der Waals surface area (Å²) in [6.45, 7) is 0.500. The van der Waals surface area contributed by atoms with Crippen molar-refractivity contribution in [1.29, 1.82) is 0 Å². The van der Waals surface area contributed by atoms with Crippen LogP contribution in [0.25, 0.3) is 11.0 Å². The molecule has 3 rings (SSSR count). The number of fused-ring (bicyclic) bond motifs is 1. The Hall–Kier alpha value is -2.33. The Morgan fingerprint density at radius 2 is 2.00 bits per heavy atom. The molecule has 3 aromatic rings. The molecule has 0 aliphatic carbocycles. The van der Waals surface area contributed by atoms with E-state index in [4.69, 9.17) is 10.5 Å². The average molecular weight is 253 g/mol. The second-order valence-electron chi connectivity index (χ2n) is 4.40. The van der Waals surface area contributed by atoms with Crippen molar-refractivity contribution in [2.75, 3.05) is 0 Å². The fourth-order valence-corrected chi connectivity index (χ4v) is 2.06. The maximum Gasteiger partial charge on any atom is 0.302 e. The smallest absolute Gasteiger partial charge is 0.302 e. The number of nitrogens with two attached hydrogens (primary N) is 1. The lowest BCUT2D eigenvalue weighted by Crippen LogP contribution is -1.98. The average Bonchev–Trinajstić information content (AvgIpc) is 2.76. The van der Waals surface area contributed by atoms with E-state index in [1.54, 1.807) is 0 Å². The van der Waals surface area contributed by atoms with E-state index < -0.39 is 0 Å². The first-order chi connectivity index (χ1) is 9.28. The molecule has 2 aromatic carbocycles. The molecule has 0 spiro atoms. The zero-order valence-corrected chi connectivity index (χ0v) is 10.7. The van der Waals surface area contributed by atoms with E-state index in [-0.39, 0.29) is 0 Å². The molecule has 0 saturated carbocycles. The molecule has 0 atom stereocenters. The van der Waals surface area contributed by atoms with Gasteiger partial charge < -0.3 is 10.5 Å². The monoisotopic (exact) mass is 253 g/mol. The van der Waals surface area contributed by atoms with E-state index in [1.165, 1.54) is 0 Å². The third-order valence-corrected chi connectivity index (χ3v) is 3.09. The molecule has 0 aliphatic rings. The molecule has 1 aromatic heterocycles. The summed E-state index contributed by atoms with van der Waals surface area (Å²) in [4.78, 5) is 4.47. The molecule has 0 fully saturated rings. The molecular weight excluding hydrogens is 238 g/mol. The zero-order chi connectivity index (χ0) is 13.2. The van der Waals surface area contributed by atoms with Gasteiger partial charge >= 0.3 is 6.01 Å². The van der Waals surface area contributed by atoms with Crippen molar-refractivity contribution in [2.24, 2.45) is 12.8 Å². The molecule has 0 unspecified atom stereocenters. The van der Waals surface area contributed by atoms with Crippen LogP contribution >= 0.6 is 0 Å². The van der Waals surface area contributed by atoms with Crippen LogP contribution < -0.4 is 10.5 Å². The first-order valence-corrected chi connectivity index (χ1v) is 6.16. The second kappa shape index (κ2) is 4.74. The lowest BCUT2D eigenvalue weighted by Gasteiger charge is -2.06. The SMILES string of the molecule is Cn1c(Oc2cccc(CN)c2)nc2ccccc21. The molecule has 2 N–H and O–H groups in total. The number of imidazole rings is 1. The van der Waals surface area contributed by atoms with Gasteiger partial charge in [0.2, 0.25) is 0 Å². The summed E-state index contributed by atoms with van der Waals surface area (Å²) in [5.74, 6) is 0.751. The standard InChI is InChI=1S/C15H15N3O/c1-18-14-8-3-2-7-13(14)17-15(18)19-12-6-4-5-11(9-12)10-16/h2-9H,10,16H2,1H3. The van der Waals surface area contributed by atoms with Gasteiger partial charge in [-0.15, -0.1) is 0 Å². The van der Waals surface area contributed by atoms with E-state index in [0.29, 0.717) is 12.6 Å². The Balaban J connectivity index is 1.98. The summed E-state index contributed by atoms with van der Waals surface area (Å²) in [6, 6.07) is 16.3. The Labute approximate surface area is 111 Å². The molecule has 4 nitrogen and oxygen atoms in total. The largest absolute Gasteiger partial charge is 0.425 e. The molecule has 0 saturated heterocycles. The van der Waals surface area contributed by atoms with Gasteiger partial charge in [0.05, 0.1) is 11.0 Å². The van der Waals surface area contributed by atoms with E-state index in [9.17, 15) is 0 Å². The molecule has 0 amide bonds. The van der Waals surface area contributed by atoms with Gasteiger partial charge in [0.25, 0.3) is 0 Å². The maximum absolute atomic E-state index is 5.83. The van der Waals surface area contributed by atoms with Crippen LogP contribution in [0.2, 0.25) is 0 Å². The topological polar surface area (TPSA) is 53.1 Å². The van der Waals surface area contributed by atoms with E-state index in [0.717, 1.165) is 22.3 Å². The molecule has 96 valence electrons. The van der Waals surface area contributed by atoms with Crippen molar-refractivity contribution in [3.05, 3.63) is 54.1 Å². The Bertz CT molecular complexity index is 718. The molecular formula is C15H15N3O. The van der Waals surface area contributed by atoms with Crippen LogP contribution in [-0.2, 0) is 13.6 Å². The van der Waals surface area contributed by atoms with Crippen molar-refractivity contribution in [2.45, 2.75) is 6.54 Å². The maximum atomic E-state index is 5.83. The normalized spacial score (nSPS) is 10.8. The number of aryl methyl sites for hydroxylation is 1. The summed E-state index contributed by atoms with van der Waals surface area (Å²) >= 11 is 0. The summed E-state index contributed by atoms with van der Waals surface area (Å²) in [7, 11) is 1.94. The van der Waals surface area contributed by atoms with Gasteiger partial charge in [-0.1, -0.05) is 24.3 Å². The second-order valence-corrected chi connectivity index (χ2v) is 4.40. The number of hydrogen-bond acceptors (Lipinski definition) is 3. The highest BCUT2D eigenvalue weighted by molar-refractivity contribution is 5.76. The highest BCUT2D eigenvalue weighted by Crippen LogP contribution is 2.25. The molecule has 0 radical (unpaired) electrons. The van der Waals surface area contributed by atoms with Gasteiger partial charge in [-0.05, 0) is 29.8 Å². The van der Waals surface area contributed by atoms with Gasteiger partial charge in [0.15, 0.2) is 0 Å². The van der Waals surface area contributed by atoms with Crippen LogP contribution in [0.5, 0.6) is 11.8 Å². The van der Waals surface area contributed by atoms with Crippen molar-refractivity contribution in [1.82, 2.24) is 9.55 Å². The molecule has 4 heteroatoms. The zero-order valence-electron chi connectivity index (χ0n) is 10.7. The van der Waals surface area contributed by atoms with Gasteiger partial charge in [0.1, 0.15) is 5.75 Å². The minimum absolute atomic E-state index is 0.500. The number of hydrogen-bond donors (Lipinski definition) is 1. The first-order valence-electron chi connectivity index (χ1n) is 6.16. The molecule has 19 heavy (non-hydrogen) atoms. The van der Waals surface area contributed by atoms with Crippen LogP contribution in [0.4, 0.5) is 0 Å². The number of para-hydroxylation sites is 2. The predicted molar refractivity (Wildman–Crippen MR) is 75.1 cm³/mol. The van der Waals surface area contributed by atoms with Crippen LogP contribution in [0.3, 0.4) is 0 Å². The quantitative estimate of drug-likeness (QED) is 0.781. The number of rotatable bonds is 3. The van der Waals surface area contributed by atoms with Crippen molar-refractivity contribution in [3.8, 4) is 11.8 Å². The summed E-state index contributed by atoms with van der Waals surface area (Å²) in [5, 5.41) is 0. The fraction of sp³-hybridized carbons (Fsp3) is 0.133. The lowest BCUT2D eigenvalue weighted by molar-refractivity contribution is 0.427. The van der Waals surface area contributed by atoms with E-state index in [2.05, 4.69) is 4.98 Å². The van der Waals surface area contributed by atoms with Gasteiger partial charge in [-0.2, -0.15) is 4.98 Å². The minimum atomic E-state index is 0.500. The minimum Gasteiger partial charge on any atom is -0.425 e. The number of nitrogens with zero attached hydrogens (tertiary/aromatic N) is 2. The molecule has 0 bridgehead atoms. The first kappa shape index (κ1) is 11.7. The Kier molecular flexibility index (Phi) is 2.93. The van der Waals surface area contributed by atoms with Crippen LogP contribution in [0.1, 0.15) is 5.56 Å².